The Morgan fingerprint density at radius 3 is 2.40 bits per heavy atom. The Hall–Kier alpha value is -2.26. The van der Waals surface area contributed by atoms with Crippen molar-refractivity contribution >= 4 is 21.6 Å². The summed E-state index contributed by atoms with van der Waals surface area (Å²) in [6, 6.07) is 4.86. The van der Waals surface area contributed by atoms with Gasteiger partial charge < -0.3 is 10.1 Å². The number of anilines is 1. The summed E-state index contributed by atoms with van der Waals surface area (Å²) < 4.78 is 53.8. The quantitative estimate of drug-likeness (QED) is 0.665. The summed E-state index contributed by atoms with van der Waals surface area (Å²) in [6.07, 6.45) is -4.24. The van der Waals surface area contributed by atoms with Crippen LogP contribution < -0.4 is 10.1 Å². The highest BCUT2D eigenvalue weighted by molar-refractivity contribution is 9.10. The molecule has 4 nitrogen and oxygen atoms in total. The molecule has 20 heavy (non-hydrogen) atoms. The molecule has 9 heteroatoms. The smallest absolute Gasteiger partial charge is 0.400 e. The normalized spacial score (nSPS) is 10.2. The molecule has 0 fully saturated rings. The fourth-order valence-corrected chi connectivity index (χ4v) is 1.56. The molecule has 1 rings (SSSR count). The Bertz CT molecular complexity index is 612. The molecular weight excluding hydrogens is 346 g/mol. The van der Waals surface area contributed by atoms with Crippen LogP contribution >= 0.6 is 15.9 Å². The molecule has 0 amide bonds. The second-order valence-corrected chi connectivity index (χ2v) is 4.15. The van der Waals surface area contributed by atoms with Crippen molar-refractivity contribution in [2.24, 2.45) is 0 Å². The molecule has 1 N–H and O–H groups in total. The van der Waals surface area contributed by atoms with E-state index in [1.807, 2.05) is 0 Å². The molecule has 0 saturated carbocycles. The van der Waals surface area contributed by atoms with Crippen molar-refractivity contribution in [3.63, 3.8) is 0 Å². The van der Waals surface area contributed by atoms with Gasteiger partial charge in [0.2, 0.25) is 0 Å². The Balaban J connectivity index is 3.21. The first-order valence-corrected chi connectivity index (χ1v) is 5.58. The lowest BCUT2D eigenvalue weighted by Crippen LogP contribution is -2.18. The van der Waals surface area contributed by atoms with Crippen molar-refractivity contribution in [2.45, 2.75) is 6.36 Å². The highest BCUT2D eigenvalue weighted by Gasteiger charge is 2.33. The highest BCUT2D eigenvalue weighted by Crippen LogP contribution is 2.35. The molecule has 0 saturated heterocycles. The fourth-order valence-electron chi connectivity index (χ4n) is 1.13. The van der Waals surface area contributed by atoms with E-state index in [2.05, 4.69) is 26.0 Å². The summed E-state index contributed by atoms with van der Waals surface area (Å²) in [7, 11) is 0. The van der Waals surface area contributed by atoms with E-state index in [1.165, 1.54) is 12.1 Å². The number of nitriles is 2. The average molecular weight is 350 g/mol. The lowest BCUT2D eigenvalue weighted by molar-refractivity contribution is -0.275. The van der Waals surface area contributed by atoms with Crippen LogP contribution in [-0.2, 0) is 0 Å². The van der Waals surface area contributed by atoms with Crippen LogP contribution in [0.25, 0.3) is 0 Å². The van der Waals surface area contributed by atoms with Crippen LogP contribution in [0.3, 0.4) is 0 Å². The summed E-state index contributed by atoms with van der Waals surface area (Å²) in [5.74, 6) is -2.35. The molecule has 0 aromatic heterocycles. The van der Waals surface area contributed by atoms with E-state index in [1.54, 1.807) is 0 Å². The number of benzene rings is 1. The maximum atomic E-state index is 13.5. The first-order chi connectivity index (χ1) is 9.26. The minimum Gasteiger partial charge on any atom is -0.400 e. The summed E-state index contributed by atoms with van der Waals surface area (Å²) in [6.45, 7) is 0. The largest absolute Gasteiger partial charge is 0.573 e. The zero-order chi connectivity index (χ0) is 15.3. The number of nitrogens with zero attached hydrogens (tertiary/aromatic N) is 2. The van der Waals surface area contributed by atoms with Crippen molar-refractivity contribution in [2.75, 3.05) is 5.32 Å². The van der Waals surface area contributed by atoms with Gasteiger partial charge in [-0.25, -0.2) is 4.39 Å². The monoisotopic (exact) mass is 349 g/mol. The third kappa shape index (κ3) is 4.44. The zero-order valence-corrected chi connectivity index (χ0v) is 11.0. The Labute approximate surface area is 119 Å². The number of allylic oxidation sites excluding steroid dienone is 1. The maximum absolute atomic E-state index is 13.5. The average Bonchev–Trinajstić information content (AvgIpc) is 2.33. The van der Waals surface area contributed by atoms with Gasteiger partial charge in [-0.3, -0.25) is 0 Å². The van der Waals surface area contributed by atoms with E-state index >= 15 is 0 Å². The van der Waals surface area contributed by atoms with Gasteiger partial charge in [0.1, 0.15) is 17.7 Å². The molecule has 0 unspecified atom stereocenters. The molecule has 0 radical (unpaired) electrons. The second-order valence-electron chi connectivity index (χ2n) is 3.24. The fraction of sp³-hybridized carbons (Fsp3) is 0.0909. The Kier molecular flexibility index (Phi) is 4.94. The molecule has 0 aliphatic heterocycles. The number of rotatable bonds is 3. The lowest BCUT2D eigenvalue weighted by atomic mass is 10.2. The second kappa shape index (κ2) is 6.26. The van der Waals surface area contributed by atoms with E-state index in [0.717, 1.165) is 18.3 Å². The molecule has 0 bridgehead atoms. The van der Waals surface area contributed by atoms with Crippen molar-refractivity contribution in [1.82, 2.24) is 0 Å². The van der Waals surface area contributed by atoms with E-state index in [4.69, 9.17) is 10.5 Å². The van der Waals surface area contributed by atoms with Crippen LogP contribution in [-0.4, -0.2) is 6.36 Å². The van der Waals surface area contributed by atoms with Crippen LogP contribution in [0, 0.1) is 28.5 Å². The topological polar surface area (TPSA) is 68.8 Å². The van der Waals surface area contributed by atoms with Crippen molar-refractivity contribution in [1.29, 1.82) is 10.5 Å². The first-order valence-electron chi connectivity index (χ1n) is 4.78. The molecule has 0 heterocycles. The molecule has 1 aromatic rings. The van der Waals surface area contributed by atoms with Crippen molar-refractivity contribution < 1.29 is 22.3 Å². The van der Waals surface area contributed by atoms with Gasteiger partial charge in [0, 0.05) is 10.7 Å². The van der Waals surface area contributed by atoms with Gasteiger partial charge in [0.25, 0.3) is 0 Å². The van der Waals surface area contributed by atoms with Crippen molar-refractivity contribution in [3.8, 4) is 17.9 Å². The Morgan fingerprint density at radius 1 is 1.30 bits per heavy atom. The number of alkyl halides is 3. The SMILES string of the molecule is N#CC(C#N)=CNc1cc(Br)cc(F)c1OC(F)(F)F. The molecule has 1 aromatic carbocycles. The highest BCUT2D eigenvalue weighted by atomic mass is 79.9. The van der Waals surface area contributed by atoms with Gasteiger partial charge in [-0.05, 0) is 12.1 Å². The maximum Gasteiger partial charge on any atom is 0.573 e. The third-order valence-corrected chi connectivity index (χ3v) is 2.30. The van der Waals surface area contributed by atoms with E-state index in [0.29, 0.717) is 0 Å². The number of ether oxygens (including phenoxy) is 1. The van der Waals surface area contributed by atoms with Crippen LogP contribution in [0.1, 0.15) is 0 Å². The van der Waals surface area contributed by atoms with Crippen molar-refractivity contribution in [3.05, 3.63) is 34.2 Å². The summed E-state index contributed by atoms with van der Waals surface area (Å²) in [5, 5.41) is 19.2. The number of nitrogens with one attached hydrogen (secondary N) is 1. The van der Waals surface area contributed by atoms with Crippen LogP contribution in [0.15, 0.2) is 28.4 Å². The molecule has 104 valence electrons. The Morgan fingerprint density at radius 2 is 1.90 bits per heavy atom. The van der Waals surface area contributed by atoms with Gasteiger partial charge in [0.15, 0.2) is 11.6 Å². The number of halogens is 5. The summed E-state index contributed by atoms with van der Waals surface area (Å²) in [4.78, 5) is 0. The first kappa shape index (κ1) is 15.8. The molecule has 0 spiro atoms. The van der Waals surface area contributed by atoms with Gasteiger partial charge in [-0.15, -0.1) is 13.2 Å². The predicted octanol–water partition coefficient (Wildman–Crippen LogP) is 3.83. The van der Waals surface area contributed by atoms with Gasteiger partial charge >= 0.3 is 6.36 Å². The molecule has 0 aliphatic rings. The summed E-state index contributed by atoms with van der Waals surface area (Å²) >= 11 is 2.90. The van der Waals surface area contributed by atoms with Crippen LogP contribution in [0.4, 0.5) is 23.2 Å². The number of hydrogen-bond acceptors (Lipinski definition) is 4. The zero-order valence-electron chi connectivity index (χ0n) is 9.42. The van der Waals surface area contributed by atoms with Crippen LogP contribution in [0.2, 0.25) is 0 Å². The van der Waals surface area contributed by atoms with E-state index in [-0.39, 0.29) is 4.47 Å². The molecule has 0 atom stereocenters. The minimum atomic E-state index is -5.08. The van der Waals surface area contributed by atoms with Gasteiger partial charge in [0.05, 0.1) is 5.69 Å². The standard InChI is InChI=1S/C11H4BrF4N3O/c12-7-1-8(13)10(20-11(14,15)16)9(2-7)19-5-6(3-17)4-18/h1-2,5,19H. The molecule has 0 aliphatic carbocycles. The lowest BCUT2D eigenvalue weighted by Gasteiger charge is -2.14. The number of hydrogen-bond donors (Lipinski definition) is 1. The minimum absolute atomic E-state index is 0.149. The van der Waals surface area contributed by atoms with Gasteiger partial charge in [-0.2, -0.15) is 10.5 Å². The van der Waals surface area contributed by atoms with Crippen LogP contribution in [0.5, 0.6) is 5.75 Å². The summed E-state index contributed by atoms with van der Waals surface area (Å²) in [5.41, 5.74) is -0.791. The van der Waals surface area contributed by atoms with Gasteiger partial charge in [-0.1, -0.05) is 15.9 Å². The van der Waals surface area contributed by atoms with E-state index < -0.39 is 29.2 Å². The van der Waals surface area contributed by atoms with E-state index in [9.17, 15) is 17.6 Å². The third-order valence-electron chi connectivity index (χ3n) is 1.84. The predicted molar refractivity (Wildman–Crippen MR) is 63.7 cm³/mol. The molecular formula is C11H4BrF4N3O.